The summed E-state index contributed by atoms with van der Waals surface area (Å²) in [5.41, 5.74) is 1.92. The lowest BCUT2D eigenvalue weighted by Crippen LogP contribution is -2.47. The Kier molecular flexibility index (Phi) is 7.71. The molecule has 0 radical (unpaired) electrons. The molecular formula is C28H27F2N7O2. The maximum absolute atomic E-state index is 15.1. The fourth-order valence-corrected chi connectivity index (χ4v) is 4.53. The summed E-state index contributed by atoms with van der Waals surface area (Å²) in [6.45, 7) is 7.25. The van der Waals surface area contributed by atoms with Crippen LogP contribution in [-0.2, 0) is 4.79 Å². The molecule has 11 heteroatoms. The van der Waals surface area contributed by atoms with Crippen molar-refractivity contribution in [2.24, 2.45) is 0 Å². The van der Waals surface area contributed by atoms with Crippen molar-refractivity contribution in [1.82, 2.24) is 19.9 Å². The molecule has 0 saturated carbocycles. The maximum Gasteiger partial charge on any atom is 0.248 e. The van der Waals surface area contributed by atoms with Gasteiger partial charge in [-0.3, -0.25) is 9.69 Å². The number of piperazine rings is 1. The summed E-state index contributed by atoms with van der Waals surface area (Å²) in [6.07, 6.45) is 4.10. The van der Waals surface area contributed by atoms with Crippen LogP contribution >= 0.6 is 0 Å². The average molecular weight is 532 g/mol. The number of amides is 1. The average Bonchev–Trinajstić information content (AvgIpc) is 2.94. The first kappa shape index (κ1) is 26.1. The van der Waals surface area contributed by atoms with Gasteiger partial charge >= 0.3 is 0 Å². The van der Waals surface area contributed by atoms with Gasteiger partial charge in [0.1, 0.15) is 17.5 Å². The first-order valence-electron chi connectivity index (χ1n) is 12.4. The number of β-amino-alcohol motifs (C(OH)–C–C–N with tert-alkyl or cyclic N) is 1. The highest BCUT2D eigenvalue weighted by Crippen LogP contribution is 2.32. The molecule has 1 aliphatic rings. The van der Waals surface area contributed by atoms with E-state index in [-0.39, 0.29) is 29.6 Å². The number of pyridine rings is 1. The van der Waals surface area contributed by atoms with Gasteiger partial charge in [-0.1, -0.05) is 6.58 Å². The van der Waals surface area contributed by atoms with E-state index in [1.165, 1.54) is 30.6 Å². The third-order valence-corrected chi connectivity index (χ3v) is 6.54. The van der Waals surface area contributed by atoms with E-state index in [0.717, 1.165) is 37.9 Å². The zero-order valence-corrected chi connectivity index (χ0v) is 21.1. The summed E-state index contributed by atoms with van der Waals surface area (Å²) in [4.78, 5) is 28.8. The predicted molar refractivity (Wildman–Crippen MR) is 147 cm³/mol. The van der Waals surface area contributed by atoms with E-state index in [1.54, 1.807) is 18.2 Å². The molecule has 3 N–H and O–H groups in total. The third-order valence-electron chi connectivity index (χ3n) is 6.54. The molecule has 0 unspecified atom stereocenters. The van der Waals surface area contributed by atoms with Crippen molar-refractivity contribution in [1.29, 1.82) is 0 Å². The molecule has 4 aromatic rings. The van der Waals surface area contributed by atoms with Crippen molar-refractivity contribution in [3.05, 3.63) is 79.1 Å². The maximum atomic E-state index is 15.1. The second kappa shape index (κ2) is 11.5. The van der Waals surface area contributed by atoms with E-state index in [2.05, 4.69) is 42.0 Å². The first-order valence-corrected chi connectivity index (χ1v) is 12.4. The van der Waals surface area contributed by atoms with Crippen molar-refractivity contribution < 1.29 is 18.7 Å². The van der Waals surface area contributed by atoms with E-state index >= 15 is 8.78 Å². The van der Waals surface area contributed by atoms with E-state index in [4.69, 9.17) is 5.11 Å². The van der Waals surface area contributed by atoms with Crippen LogP contribution in [0.1, 0.15) is 0 Å². The predicted octanol–water partition coefficient (Wildman–Crippen LogP) is 3.95. The number of aliphatic hydroxyl groups is 1. The van der Waals surface area contributed by atoms with Gasteiger partial charge < -0.3 is 20.6 Å². The standard InChI is InChI=1S/C28H27F2N7O2/c1-2-25(39)34-24-15-18(7-8-31-24)26-21(29)5-3-19-17-32-28(35-27(19)26)33-23-6-4-20(16-22(23)30)37-11-9-36(10-12-37)13-14-38/h2-8,15-17,38H,1,9-14H2,(H,31,34,39)(H,32,33,35). The van der Waals surface area contributed by atoms with Crippen LogP contribution in [0.25, 0.3) is 22.0 Å². The topological polar surface area (TPSA) is 107 Å². The van der Waals surface area contributed by atoms with Crippen LogP contribution < -0.4 is 15.5 Å². The second-order valence-electron chi connectivity index (χ2n) is 9.02. The number of nitrogens with zero attached hydrogens (tertiary/aromatic N) is 5. The Balaban J connectivity index is 1.41. The van der Waals surface area contributed by atoms with Gasteiger partial charge in [0.2, 0.25) is 11.9 Å². The Morgan fingerprint density at radius 3 is 2.62 bits per heavy atom. The van der Waals surface area contributed by atoms with Gasteiger partial charge in [0.15, 0.2) is 0 Å². The van der Waals surface area contributed by atoms with Gasteiger partial charge in [0, 0.05) is 61.8 Å². The number of nitrogens with one attached hydrogen (secondary N) is 2. The van der Waals surface area contributed by atoms with Crippen molar-refractivity contribution in [3.63, 3.8) is 0 Å². The van der Waals surface area contributed by atoms with Gasteiger partial charge in [-0.15, -0.1) is 0 Å². The summed E-state index contributed by atoms with van der Waals surface area (Å²) in [7, 11) is 0. The molecule has 2 aromatic carbocycles. The van der Waals surface area contributed by atoms with Crippen molar-refractivity contribution >= 4 is 40.0 Å². The molecule has 200 valence electrons. The lowest BCUT2D eigenvalue weighted by molar-refractivity contribution is -0.111. The summed E-state index contributed by atoms with van der Waals surface area (Å²) in [5.74, 6) is -1.09. The number of anilines is 4. The first-order chi connectivity index (χ1) is 18.9. The molecule has 1 saturated heterocycles. The lowest BCUT2D eigenvalue weighted by Gasteiger charge is -2.35. The van der Waals surface area contributed by atoms with Crippen molar-refractivity contribution in [2.75, 3.05) is 54.9 Å². The van der Waals surface area contributed by atoms with Gasteiger partial charge in [-0.2, -0.15) is 0 Å². The van der Waals surface area contributed by atoms with Gasteiger partial charge in [-0.05, 0) is 54.1 Å². The van der Waals surface area contributed by atoms with Gasteiger partial charge in [-0.25, -0.2) is 23.7 Å². The second-order valence-corrected chi connectivity index (χ2v) is 9.02. The van der Waals surface area contributed by atoms with Gasteiger partial charge in [0.25, 0.3) is 0 Å². The zero-order chi connectivity index (χ0) is 27.4. The highest BCUT2D eigenvalue weighted by Gasteiger charge is 2.19. The van der Waals surface area contributed by atoms with Crippen LogP contribution in [-0.4, -0.2) is 70.2 Å². The molecule has 1 amide bonds. The molecule has 3 heterocycles. The Labute approximate surface area is 223 Å². The minimum absolute atomic E-state index is 0.104. The molecule has 0 spiro atoms. The Morgan fingerprint density at radius 2 is 1.87 bits per heavy atom. The van der Waals surface area contributed by atoms with Gasteiger partial charge in [0.05, 0.1) is 17.8 Å². The molecule has 1 aliphatic heterocycles. The van der Waals surface area contributed by atoms with E-state index in [1.807, 2.05) is 6.07 Å². The van der Waals surface area contributed by atoms with Crippen molar-refractivity contribution in [3.8, 4) is 11.1 Å². The molecule has 0 bridgehead atoms. The number of rotatable bonds is 8. The molecule has 9 nitrogen and oxygen atoms in total. The Morgan fingerprint density at radius 1 is 1.05 bits per heavy atom. The summed E-state index contributed by atoms with van der Waals surface area (Å²) < 4.78 is 30.2. The minimum atomic E-state index is -0.519. The normalized spacial score (nSPS) is 13.9. The molecule has 0 atom stereocenters. The number of benzene rings is 2. The van der Waals surface area contributed by atoms with Crippen LogP contribution in [0.5, 0.6) is 0 Å². The minimum Gasteiger partial charge on any atom is -0.395 e. The van der Waals surface area contributed by atoms with E-state index < -0.39 is 17.5 Å². The molecule has 0 aliphatic carbocycles. The van der Waals surface area contributed by atoms with E-state index in [0.29, 0.717) is 23.0 Å². The largest absolute Gasteiger partial charge is 0.395 e. The molecule has 1 fully saturated rings. The number of aromatic nitrogens is 3. The summed E-state index contributed by atoms with van der Waals surface area (Å²) >= 11 is 0. The fourth-order valence-electron chi connectivity index (χ4n) is 4.53. The lowest BCUT2D eigenvalue weighted by atomic mass is 10.0. The number of fused-ring (bicyclic) bond motifs is 1. The third kappa shape index (κ3) is 5.84. The molecule has 5 rings (SSSR count). The van der Waals surface area contributed by atoms with Crippen LogP contribution in [0.3, 0.4) is 0 Å². The zero-order valence-electron chi connectivity index (χ0n) is 21.1. The van der Waals surface area contributed by atoms with Crippen LogP contribution in [0.4, 0.5) is 31.9 Å². The van der Waals surface area contributed by atoms with Crippen molar-refractivity contribution in [2.45, 2.75) is 0 Å². The molecule has 39 heavy (non-hydrogen) atoms. The number of hydrogen-bond acceptors (Lipinski definition) is 8. The summed E-state index contributed by atoms with van der Waals surface area (Å²) in [5, 5.41) is 15.2. The van der Waals surface area contributed by atoms with E-state index in [9.17, 15) is 4.79 Å². The highest BCUT2D eigenvalue weighted by atomic mass is 19.1. The Hall–Kier alpha value is -4.48. The number of carbonyl (C=O) groups is 1. The van der Waals surface area contributed by atoms with Crippen LogP contribution in [0, 0.1) is 11.6 Å². The molecular weight excluding hydrogens is 504 g/mol. The molecule has 2 aromatic heterocycles. The quantitative estimate of drug-likeness (QED) is 0.294. The smallest absolute Gasteiger partial charge is 0.248 e. The Bertz CT molecular complexity index is 1520. The number of halogens is 2. The fraction of sp³-hybridized carbons (Fsp3) is 0.214. The summed E-state index contributed by atoms with van der Waals surface area (Å²) in [6, 6.07) is 11.0. The van der Waals surface area contributed by atoms with Crippen LogP contribution in [0.15, 0.2) is 67.5 Å². The highest BCUT2D eigenvalue weighted by molar-refractivity contribution is 5.99. The SMILES string of the molecule is C=CC(=O)Nc1cc(-c2c(F)ccc3cnc(Nc4ccc(N5CCN(CCO)CC5)cc4F)nc23)ccn1. The number of carbonyl (C=O) groups excluding carboxylic acids is 1. The van der Waals surface area contributed by atoms with Crippen LogP contribution in [0.2, 0.25) is 0 Å². The monoisotopic (exact) mass is 531 g/mol. The number of hydrogen-bond donors (Lipinski definition) is 3. The number of aliphatic hydroxyl groups excluding tert-OH is 1.